The van der Waals surface area contributed by atoms with Crippen molar-refractivity contribution in [1.82, 2.24) is 9.47 Å². The van der Waals surface area contributed by atoms with Gasteiger partial charge in [-0.1, -0.05) is 43.2 Å². The summed E-state index contributed by atoms with van der Waals surface area (Å²) in [5, 5.41) is 0.796. The van der Waals surface area contributed by atoms with Crippen LogP contribution in [0, 0.1) is 0 Å². The lowest BCUT2D eigenvalue weighted by atomic mass is 10.0. The minimum Gasteiger partial charge on any atom is -0.497 e. The van der Waals surface area contributed by atoms with Crippen molar-refractivity contribution in [2.45, 2.75) is 38.3 Å². The average molecular weight is 421 g/mol. The number of aromatic nitrogens is 1. The van der Waals surface area contributed by atoms with Crippen LogP contribution in [-0.2, 0) is 16.1 Å². The summed E-state index contributed by atoms with van der Waals surface area (Å²) in [7, 11) is 3.02. The summed E-state index contributed by atoms with van der Waals surface area (Å²) in [4.78, 5) is 27.7. The van der Waals surface area contributed by atoms with Crippen LogP contribution < -0.4 is 4.74 Å². The molecule has 0 aliphatic carbocycles. The second kappa shape index (κ2) is 9.25. The van der Waals surface area contributed by atoms with Crippen LogP contribution in [-0.4, -0.2) is 42.1 Å². The number of amides is 1. The van der Waals surface area contributed by atoms with Crippen molar-refractivity contribution in [2.75, 3.05) is 20.8 Å². The van der Waals surface area contributed by atoms with E-state index in [1.165, 1.54) is 7.11 Å². The fraction of sp³-hybridized carbons (Fsp3) is 0.360. The summed E-state index contributed by atoms with van der Waals surface area (Å²) >= 11 is 0. The number of methoxy groups -OCH3 is 2. The van der Waals surface area contributed by atoms with E-state index in [4.69, 9.17) is 9.47 Å². The Morgan fingerprint density at radius 3 is 2.52 bits per heavy atom. The molecule has 1 atom stereocenters. The van der Waals surface area contributed by atoms with Gasteiger partial charge in [0.1, 0.15) is 12.3 Å². The smallest absolute Gasteiger partial charge is 0.340 e. The number of hydrogen-bond donors (Lipinski definition) is 0. The number of ether oxygens (including phenoxy) is 2. The van der Waals surface area contributed by atoms with E-state index in [-0.39, 0.29) is 18.5 Å². The minimum atomic E-state index is -0.395. The molecule has 0 saturated carbocycles. The molecule has 1 amide bonds. The number of benzene rings is 2. The molecule has 1 fully saturated rings. The first-order chi connectivity index (χ1) is 15.1. The van der Waals surface area contributed by atoms with Crippen LogP contribution in [0.3, 0.4) is 0 Å². The molecule has 0 N–H and O–H groups in total. The number of fused-ring (bicyclic) bond motifs is 1. The van der Waals surface area contributed by atoms with E-state index in [1.54, 1.807) is 13.3 Å². The number of para-hydroxylation sites is 1. The molecule has 2 aromatic carbocycles. The predicted octanol–water partition coefficient (Wildman–Crippen LogP) is 4.58. The molecule has 3 aromatic rings. The van der Waals surface area contributed by atoms with E-state index < -0.39 is 5.97 Å². The fourth-order valence-electron chi connectivity index (χ4n) is 4.47. The predicted molar refractivity (Wildman–Crippen MR) is 119 cm³/mol. The molecular weight excluding hydrogens is 392 g/mol. The topological polar surface area (TPSA) is 60.8 Å². The van der Waals surface area contributed by atoms with Crippen molar-refractivity contribution in [3.8, 4) is 5.75 Å². The molecule has 4 rings (SSSR count). The molecule has 0 bridgehead atoms. The lowest BCUT2D eigenvalue weighted by molar-refractivity contribution is -0.134. The zero-order valence-electron chi connectivity index (χ0n) is 18.0. The Morgan fingerprint density at radius 2 is 1.77 bits per heavy atom. The summed E-state index contributed by atoms with van der Waals surface area (Å²) in [6.45, 7) is 0.919. The molecule has 0 radical (unpaired) electrons. The standard InChI is InChI=1S/C25H28N2O4/c1-30-19-13-11-18(12-14-19)22-9-4-3-7-15-27(22)24(28)17-26-16-21(25(29)31-2)20-8-5-6-10-23(20)26/h5-6,8,10-14,16,22H,3-4,7,9,15,17H2,1-2H3/t22-/m1/s1. The largest absolute Gasteiger partial charge is 0.497 e. The molecule has 1 aliphatic rings. The van der Waals surface area contributed by atoms with E-state index >= 15 is 0 Å². The number of rotatable bonds is 5. The Balaban J connectivity index is 1.63. The van der Waals surface area contributed by atoms with Gasteiger partial charge in [-0.2, -0.15) is 0 Å². The number of carbonyl (C=O) groups is 2. The van der Waals surface area contributed by atoms with Gasteiger partial charge in [0.25, 0.3) is 0 Å². The molecule has 0 unspecified atom stereocenters. The molecule has 1 aromatic heterocycles. The normalized spacial score (nSPS) is 16.7. The molecule has 6 nitrogen and oxygen atoms in total. The number of carbonyl (C=O) groups excluding carboxylic acids is 2. The van der Waals surface area contributed by atoms with Crippen LogP contribution in [0.15, 0.2) is 54.7 Å². The third-order valence-corrected chi connectivity index (χ3v) is 6.07. The zero-order valence-corrected chi connectivity index (χ0v) is 18.0. The lowest BCUT2D eigenvalue weighted by Crippen LogP contribution is -2.37. The first-order valence-corrected chi connectivity index (χ1v) is 10.7. The number of esters is 1. The molecule has 6 heteroatoms. The minimum absolute atomic E-state index is 0.0443. The van der Waals surface area contributed by atoms with Crippen molar-refractivity contribution in [1.29, 1.82) is 0 Å². The highest BCUT2D eigenvalue weighted by atomic mass is 16.5. The highest BCUT2D eigenvalue weighted by molar-refractivity contribution is 6.04. The Labute approximate surface area is 182 Å². The van der Waals surface area contributed by atoms with Gasteiger partial charge in [-0.25, -0.2) is 4.79 Å². The van der Waals surface area contributed by atoms with Crippen molar-refractivity contribution in [3.63, 3.8) is 0 Å². The summed E-state index contributed by atoms with van der Waals surface area (Å²) in [6, 6.07) is 15.7. The van der Waals surface area contributed by atoms with Gasteiger partial charge in [-0.3, -0.25) is 4.79 Å². The Hall–Kier alpha value is -3.28. The van der Waals surface area contributed by atoms with Gasteiger partial charge in [0.15, 0.2) is 0 Å². The maximum absolute atomic E-state index is 13.5. The van der Waals surface area contributed by atoms with Crippen LogP contribution >= 0.6 is 0 Å². The fourth-order valence-corrected chi connectivity index (χ4v) is 4.47. The first-order valence-electron chi connectivity index (χ1n) is 10.7. The summed E-state index contributed by atoms with van der Waals surface area (Å²) in [6.07, 6.45) is 5.89. The average Bonchev–Trinajstić information content (AvgIpc) is 2.99. The van der Waals surface area contributed by atoms with Crippen molar-refractivity contribution >= 4 is 22.8 Å². The monoisotopic (exact) mass is 420 g/mol. The number of likely N-dealkylation sites (tertiary alicyclic amines) is 1. The molecular formula is C25H28N2O4. The number of nitrogens with zero attached hydrogens (tertiary/aromatic N) is 2. The summed E-state index contributed by atoms with van der Waals surface area (Å²) < 4.78 is 12.1. The zero-order chi connectivity index (χ0) is 21.8. The van der Waals surface area contributed by atoms with Crippen molar-refractivity contribution < 1.29 is 19.1 Å². The molecule has 31 heavy (non-hydrogen) atoms. The van der Waals surface area contributed by atoms with Gasteiger partial charge in [-0.15, -0.1) is 0 Å². The highest BCUT2D eigenvalue weighted by Crippen LogP contribution is 2.32. The molecule has 162 valence electrons. The Kier molecular flexibility index (Phi) is 6.26. The van der Waals surface area contributed by atoms with Gasteiger partial charge in [0.05, 0.1) is 25.8 Å². The maximum Gasteiger partial charge on any atom is 0.340 e. The highest BCUT2D eigenvalue weighted by Gasteiger charge is 2.27. The van der Waals surface area contributed by atoms with Crippen LogP contribution in [0.5, 0.6) is 5.75 Å². The van der Waals surface area contributed by atoms with Gasteiger partial charge in [-0.05, 0) is 36.6 Å². The Bertz CT molecular complexity index is 1070. The van der Waals surface area contributed by atoms with Crippen LogP contribution in [0.4, 0.5) is 0 Å². The maximum atomic E-state index is 13.5. The van der Waals surface area contributed by atoms with Crippen LogP contribution in [0.2, 0.25) is 0 Å². The van der Waals surface area contributed by atoms with E-state index in [1.807, 2.05) is 45.9 Å². The van der Waals surface area contributed by atoms with E-state index in [0.717, 1.165) is 54.4 Å². The van der Waals surface area contributed by atoms with Crippen LogP contribution in [0.25, 0.3) is 10.9 Å². The third kappa shape index (κ3) is 4.29. The van der Waals surface area contributed by atoms with Crippen molar-refractivity contribution in [3.05, 3.63) is 65.9 Å². The quantitative estimate of drug-likeness (QED) is 0.567. The third-order valence-electron chi connectivity index (χ3n) is 6.07. The van der Waals surface area contributed by atoms with Crippen molar-refractivity contribution in [2.24, 2.45) is 0 Å². The van der Waals surface area contributed by atoms with E-state index in [9.17, 15) is 9.59 Å². The van der Waals surface area contributed by atoms with Gasteiger partial charge >= 0.3 is 5.97 Å². The molecule has 1 saturated heterocycles. The molecule has 2 heterocycles. The Morgan fingerprint density at radius 1 is 1.00 bits per heavy atom. The second-order valence-electron chi connectivity index (χ2n) is 7.90. The summed E-state index contributed by atoms with van der Waals surface area (Å²) in [5.41, 5.74) is 2.46. The van der Waals surface area contributed by atoms with Gasteiger partial charge in [0, 0.05) is 23.6 Å². The molecule has 1 aliphatic heterocycles. The van der Waals surface area contributed by atoms with E-state index in [0.29, 0.717) is 5.56 Å². The summed E-state index contributed by atoms with van der Waals surface area (Å²) in [5.74, 6) is 0.470. The number of hydrogen-bond acceptors (Lipinski definition) is 4. The van der Waals surface area contributed by atoms with Gasteiger partial charge < -0.3 is 18.9 Å². The lowest BCUT2D eigenvalue weighted by Gasteiger charge is -2.31. The second-order valence-corrected chi connectivity index (χ2v) is 7.90. The first kappa shape index (κ1) is 21.0. The van der Waals surface area contributed by atoms with Gasteiger partial charge in [0.2, 0.25) is 5.91 Å². The molecule has 0 spiro atoms. The SMILES string of the molecule is COC(=O)c1cn(CC(=O)N2CCCCC[C@@H]2c2ccc(OC)cc2)c2ccccc12. The van der Waals surface area contributed by atoms with Crippen LogP contribution in [0.1, 0.15) is 47.6 Å². The van der Waals surface area contributed by atoms with E-state index in [2.05, 4.69) is 12.1 Å².